The highest BCUT2D eigenvalue weighted by molar-refractivity contribution is 5.80. The van der Waals surface area contributed by atoms with Gasteiger partial charge in [0.15, 0.2) is 0 Å². The van der Waals surface area contributed by atoms with E-state index >= 15 is 0 Å². The molecule has 0 radical (unpaired) electrons. The van der Waals surface area contributed by atoms with Crippen LogP contribution < -0.4 is 0 Å². The van der Waals surface area contributed by atoms with Gasteiger partial charge in [-0.3, -0.25) is 4.90 Å². The average molecular weight is 295 g/mol. The Bertz CT molecular complexity index is 396. The van der Waals surface area contributed by atoms with Gasteiger partial charge in [-0.2, -0.15) is 0 Å². The van der Waals surface area contributed by atoms with E-state index in [2.05, 4.69) is 0 Å². The maximum absolute atomic E-state index is 12.8. The van der Waals surface area contributed by atoms with Gasteiger partial charge in [0.1, 0.15) is 17.2 Å². The van der Waals surface area contributed by atoms with E-state index in [0.29, 0.717) is 0 Å². The molecule has 2 N–H and O–H groups in total. The molecule has 2 atom stereocenters. The number of carbonyl (C=O) groups excluding carboxylic acids is 1. The summed E-state index contributed by atoms with van der Waals surface area (Å²) in [5, 5.41) is 18.8. The molecule has 1 rings (SSSR count). The maximum atomic E-state index is 12.8. The van der Waals surface area contributed by atoms with Crippen molar-refractivity contribution in [2.45, 2.75) is 57.3 Å². The Kier molecular flexibility index (Phi) is 4.58. The molecule has 0 saturated carbocycles. The maximum Gasteiger partial charge on any atom is 0.411 e. The second-order valence-corrected chi connectivity index (χ2v) is 5.89. The molecule has 0 spiro atoms. The van der Waals surface area contributed by atoms with Crippen LogP contribution in [0.4, 0.5) is 13.6 Å². The average Bonchev–Trinajstić information content (AvgIpc) is 2.26. The van der Waals surface area contributed by atoms with E-state index in [0.717, 1.165) is 4.90 Å². The molecule has 0 unspecified atom stereocenters. The number of carbonyl (C=O) groups is 2. The number of carboxylic acid groups (broad SMARTS) is 1. The van der Waals surface area contributed by atoms with Crippen LogP contribution in [-0.4, -0.2) is 57.4 Å². The predicted molar refractivity (Wildman–Crippen MR) is 64.6 cm³/mol. The fraction of sp³-hybridized carbons (Fsp3) is 0.833. The largest absolute Gasteiger partial charge is 0.480 e. The van der Waals surface area contributed by atoms with Gasteiger partial charge in [0.05, 0.1) is 0 Å². The summed E-state index contributed by atoms with van der Waals surface area (Å²) in [6, 6.07) is -1.53. The molecule has 0 aliphatic carbocycles. The van der Waals surface area contributed by atoms with Crippen molar-refractivity contribution in [2.75, 3.05) is 6.54 Å². The zero-order chi connectivity index (χ0) is 15.7. The van der Waals surface area contributed by atoms with E-state index in [-0.39, 0.29) is 6.54 Å². The summed E-state index contributed by atoms with van der Waals surface area (Å²) in [6.07, 6.45) is -5.07. The van der Waals surface area contributed by atoms with E-state index < -0.39 is 48.6 Å². The number of carboxylic acids is 1. The van der Waals surface area contributed by atoms with Gasteiger partial charge in [0, 0.05) is 13.0 Å². The third kappa shape index (κ3) is 3.78. The second-order valence-electron chi connectivity index (χ2n) is 5.89. The van der Waals surface area contributed by atoms with Crippen LogP contribution in [0.25, 0.3) is 0 Å². The Morgan fingerprint density at radius 1 is 1.40 bits per heavy atom. The van der Waals surface area contributed by atoms with E-state index in [1.807, 2.05) is 0 Å². The van der Waals surface area contributed by atoms with Crippen molar-refractivity contribution < 1.29 is 33.3 Å². The van der Waals surface area contributed by atoms with Gasteiger partial charge in [-0.05, 0) is 27.2 Å². The van der Waals surface area contributed by atoms with Crippen LogP contribution in [0.15, 0.2) is 0 Å². The molecular weight excluding hydrogens is 276 g/mol. The SMILES string of the molecule is CC(C)(C)OC(=O)N1CC[C@@](O)(C(F)F)C[C@H]1C(=O)O. The standard InChI is InChI=1S/C12H19F2NO5/c1-11(2,3)20-10(18)15-5-4-12(19,9(13)14)6-7(15)8(16)17/h7,9,19H,4-6H2,1-3H3,(H,16,17)/t7-,12-/m0/s1. The number of amides is 1. The topological polar surface area (TPSA) is 87.1 Å². The first-order chi connectivity index (χ1) is 8.96. The number of aliphatic carboxylic acids is 1. The van der Waals surface area contributed by atoms with Crippen molar-refractivity contribution in [2.24, 2.45) is 0 Å². The minimum absolute atomic E-state index is 0.299. The molecule has 0 bridgehead atoms. The van der Waals surface area contributed by atoms with Crippen molar-refractivity contribution in [3.63, 3.8) is 0 Å². The van der Waals surface area contributed by atoms with Crippen LogP contribution in [0.1, 0.15) is 33.6 Å². The zero-order valence-electron chi connectivity index (χ0n) is 11.6. The second kappa shape index (κ2) is 5.51. The van der Waals surface area contributed by atoms with E-state index in [1.165, 1.54) is 0 Å². The number of alkyl halides is 2. The third-order valence-electron chi connectivity index (χ3n) is 3.03. The van der Waals surface area contributed by atoms with Gasteiger partial charge < -0.3 is 14.9 Å². The number of nitrogens with zero attached hydrogens (tertiary/aromatic N) is 1. The highest BCUT2D eigenvalue weighted by Gasteiger charge is 2.49. The molecule has 1 aliphatic rings. The predicted octanol–water partition coefficient (Wildman–Crippen LogP) is 1.47. The first kappa shape index (κ1) is 16.6. The number of aliphatic hydroxyl groups is 1. The normalized spacial score (nSPS) is 27.6. The molecule has 0 aromatic rings. The van der Waals surface area contributed by atoms with Gasteiger partial charge in [0.25, 0.3) is 6.43 Å². The molecule has 0 aromatic carbocycles. The lowest BCUT2D eigenvalue weighted by Crippen LogP contribution is -2.58. The number of hydrogen-bond acceptors (Lipinski definition) is 4. The summed E-state index contributed by atoms with van der Waals surface area (Å²) in [7, 11) is 0. The summed E-state index contributed by atoms with van der Waals surface area (Å²) < 4.78 is 30.6. The Hall–Kier alpha value is -1.44. The molecule has 116 valence electrons. The monoisotopic (exact) mass is 295 g/mol. The number of hydrogen-bond donors (Lipinski definition) is 2. The molecular formula is C12H19F2NO5. The minimum Gasteiger partial charge on any atom is -0.480 e. The first-order valence-corrected chi connectivity index (χ1v) is 6.19. The van der Waals surface area contributed by atoms with Crippen LogP contribution in [0.2, 0.25) is 0 Å². The molecule has 1 amide bonds. The first-order valence-electron chi connectivity index (χ1n) is 6.19. The highest BCUT2D eigenvalue weighted by atomic mass is 19.3. The van der Waals surface area contributed by atoms with Gasteiger partial charge in [0.2, 0.25) is 0 Å². The number of rotatable bonds is 2. The molecule has 1 aliphatic heterocycles. The molecule has 8 heteroatoms. The molecule has 0 aromatic heterocycles. The lowest BCUT2D eigenvalue weighted by molar-refractivity contribution is -0.163. The molecule has 1 saturated heterocycles. The van der Waals surface area contributed by atoms with Crippen LogP contribution in [-0.2, 0) is 9.53 Å². The quantitative estimate of drug-likeness (QED) is 0.805. The van der Waals surface area contributed by atoms with E-state index in [1.54, 1.807) is 20.8 Å². The van der Waals surface area contributed by atoms with Crippen LogP contribution >= 0.6 is 0 Å². The van der Waals surface area contributed by atoms with Crippen molar-refractivity contribution in [1.82, 2.24) is 4.90 Å². The van der Waals surface area contributed by atoms with E-state index in [9.17, 15) is 23.5 Å². The summed E-state index contributed by atoms with van der Waals surface area (Å²) in [6.45, 7) is 4.53. The molecule has 1 heterocycles. The Balaban J connectivity index is 2.89. The lowest BCUT2D eigenvalue weighted by atomic mass is 9.87. The van der Waals surface area contributed by atoms with Crippen molar-refractivity contribution in [3.05, 3.63) is 0 Å². The van der Waals surface area contributed by atoms with Crippen molar-refractivity contribution in [3.8, 4) is 0 Å². The van der Waals surface area contributed by atoms with Crippen molar-refractivity contribution >= 4 is 12.1 Å². The smallest absolute Gasteiger partial charge is 0.411 e. The molecule has 1 fully saturated rings. The summed E-state index contributed by atoms with van der Waals surface area (Å²) in [5.74, 6) is -1.45. The lowest BCUT2D eigenvalue weighted by Gasteiger charge is -2.41. The third-order valence-corrected chi connectivity index (χ3v) is 3.03. The number of piperidine rings is 1. The summed E-state index contributed by atoms with van der Waals surface area (Å²) >= 11 is 0. The number of ether oxygens (including phenoxy) is 1. The van der Waals surface area contributed by atoms with E-state index in [4.69, 9.17) is 9.84 Å². The number of likely N-dealkylation sites (tertiary alicyclic amines) is 1. The minimum atomic E-state index is -3.06. The Labute approximate surface area is 115 Å². The highest BCUT2D eigenvalue weighted by Crippen LogP contribution is 2.33. The Morgan fingerprint density at radius 2 is 1.95 bits per heavy atom. The van der Waals surface area contributed by atoms with Gasteiger partial charge >= 0.3 is 12.1 Å². The van der Waals surface area contributed by atoms with Crippen LogP contribution in [0.3, 0.4) is 0 Å². The molecule has 20 heavy (non-hydrogen) atoms. The van der Waals surface area contributed by atoms with Crippen molar-refractivity contribution in [1.29, 1.82) is 0 Å². The van der Waals surface area contributed by atoms with Crippen LogP contribution in [0.5, 0.6) is 0 Å². The summed E-state index contributed by atoms with van der Waals surface area (Å²) in [5.41, 5.74) is -3.21. The fourth-order valence-electron chi connectivity index (χ4n) is 1.97. The van der Waals surface area contributed by atoms with Gasteiger partial charge in [-0.1, -0.05) is 0 Å². The number of halogens is 2. The van der Waals surface area contributed by atoms with Gasteiger partial charge in [-0.15, -0.1) is 0 Å². The zero-order valence-corrected chi connectivity index (χ0v) is 11.6. The summed E-state index contributed by atoms with van der Waals surface area (Å²) in [4.78, 5) is 23.9. The van der Waals surface area contributed by atoms with Crippen LogP contribution in [0, 0.1) is 0 Å². The fourth-order valence-corrected chi connectivity index (χ4v) is 1.97. The van der Waals surface area contributed by atoms with Gasteiger partial charge in [-0.25, -0.2) is 18.4 Å². The molecule has 6 nitrogen and oxygen atoms in total. The Morgan fingerprint density at radius 3 is 2.35 bits per heavy atom.